The molecule has 3 rings (SSSR count). The highest BCUT2D eigenvalue weighted by Crippen LogP contribution is 2.45. The molecule has 0 spiro atoms. The van der Waals surface area contributed by atoms with Gasteiger partial charge in [-0.2, -0.15) is 0 Å². The summed E-state index contributed by atoms with van der Waals surface area (Å²) in [4.78, 5) is 3.30. The van der Waals surface area contributed by atoms with E-state index in [-0.39, 0.29) is 5.41 Å². The van der Waals surface area contributed by atoms with E-state index in [0.29, 0.717) is 6.54 Å². The second kappa shape index (κ2) is 4.89. The van der Waals surface area contributed by atoms with Crippen LogP contribution in [0.1, 0.15) is 37.7 Å². The summed E-state index contributed by atoms with van der Waals surface area (Å²) in [6.07, 6.45) is 8.20. The number of fused-ring (bicyclic) bond motifs is 1. The summed E-state index contributed by atoms with van der Waals surface area (Å²) in [5.74, 6) is 0.986. The molecule has 3 nitrogen and oxygen atoms in total. The Hall–Kier alpha value is -1.48. The fourth-order valence-corrected chi connectivity index (χ4v) is 3.62. The molecule has 0 bridgehead atoms. The molecular weight excluding hydrogens is 236 g/mol. The topological polar surface area (TPSA) is 51.0 Å². The summed E-state index contributed by atoms with van der Waals surface area (Å²) in [7, 11) is 1.75. The first-order valence-corrected chi connectivity index (χ1v) is 7.15. The number of aromatic amines is 1. The molecule has 1 saturated carbocycles. The molecule has 1 aromatic carbocycles. The summed E-state index contributed by atoms with van der Waals surface area (Å²) < 4.78 is 5.63. The maximum atomic E-state index is 6.19. The first kappa shape index (κ1) is 12.5. The molecule has 0 unspecified atom stereocenters. The lowest BCUT2D eigenvalue weighted by Crippen LogP contribution is -2.37. The molecule has 3 N–H and O–H groups in total. The normalized spacial score (nSPS) is 18.6. The van der Waals surface area contributed by atoms with Gasteiger partial charge in [-0.25, -0.2) is 0 Å². The van der Waals surface area contributed by atoms with Gasteiger partial charge >= 0.3 is 0 Å². The van der Waals surface area contributed by atoms with Crippen LogP contribution >= 0.6 is 0 Å². The van der Waals surface area contributed by atoms with Gasteiger partial charge < -0.3 is 15.5 Å². The van der Waals surface area contributed by atoms with Crippen molar-refractivity contribution in [2.45, 2.75) is 37.5 Å². The van der Waals surface area contributed by atoms with Crippen molar-refractivity contribution in [2.75, 3.05) is 13.7 Å². The van der Waals surface area contributed by atoms with Crippen LogP contribution in [0.5, 0.6) is 5.75 Å². The van der Waals surface area contributed by atoms with Crippen molar-refractivity contribution in [1.82, 2.24) is 4.98 Å². The third-order valence-electron chi connectivity index (χ3n) is 4.65. The number of ether oxygens (including phenoxy) is 1. The molecular formula is C16H22N2O. The summed E-state index contributed by atoms with van der Waals surface area (Å²) >= 11 is 0. The second-order valence-electron chi connectivity index (χ2n) is 5.63. The van der Waals surface area contributed by atoms with E-state index < -0.39 is 0 Å². The van der Waals surface area contributed by atoms with E-state index in [1.54, 1.807) is 7.11 Å². The number of hydrogen-bond donors (Lipinski definition) is 2. The Balaban J connectivity index is 2.23. The standard InChI is InChI=1S/C16H22N2O/c1-19-14-6-5-13-12(7-10-18-13)15(14)16(11-17)8-3-2-4-9-16/h5-7,10,18H,2-4,8-9,11,17H2,1H3. The molecule has 19 heavy (non-hydrogen) atoms. The Bertz CT molecular complexity index is 567. The molecule has 102 valence electrons. The van der Waals surface area contributed by atoms with Crippen molar-refractivity contribution in [3.63, 3.8) is 0 Å². The molecule has 0 amide bonds. The van der Waals surface area contributed by atoms with Crippen molar-refractivity contribution >= 4 is 10.9 Å². The highest BCUT2D eigenvalue weighted by molar-refractivity contribution is 5.86. The van der Waals surface area contributed by atoms with Gasteiger partial charge in [0, 0.05) is 34.6 Å². The van der Waals surface area contributed by atoms with Crippen LogP contribution in [0.25, 0.3) is 10.9 Å². The summed E-state index contributed by atoms with van der Waals surface area (Å²) in [5, 5.41) is 1.27. The lowest BCUT2D eigenvalue weighted by molar-refractivity contribution is 0.290. The maximum Gasteiger partial charge on any atom is 0.123 e. The van der Waals surface area contributed by atoms with Gasteiger partial charge in [-0.3, -0.25) is 0 Å². The number of rotatable bonds is 3. The zero-order chi connectivity index (χ0) is 13.3. The summed E-state index contributed by atoms with van der Waals surface area (Å²) in [6, 6.07) is 6.31. The highest BCUT2D eigenvalue weighted by Gasteiger charge is 2.36. The van der Waals surface area contributed by atoms with Gasteiger partial charge in [0.15, 0.2) is 0 Å². The Morgan fingerprint density at radius 3 is 2.68 bits per heavy atom. The zero-order valence-electron chi connectivity index (χ0n) is 11.5. The minimum atomic E-state index is 0.0886. The Morgan fingerprint density at radius 1 is 1.21 bits per heavy atom. The summed E-state index contributed by atoms with van der Waals surface area (Å²) in [6.45, 7) is 0.702. The van der Waals surface area contributed by atoms with E-state index >= 15 is 0 Å². The van der Waals surface area contributed by atoms with Gasteiger partial charge in [-0.1, -0.05) is 19.3 Å². The van der Waals surface area contributed by atoms with Crippen molar-refractivity contribution in [2.24, 2.45) is 5.73 Å². The number of benzene rings is 1. The average Bonchev–Trinajstić information content (AvgIpc) is 2.95. The number of H-pyrrole nitrogens is 1. The molecule has 1 fully saturated rings. The van der Waals surface area contributed by atoms with E-state index in [9.17, 15) is 0 Å². The third kappa shape index (κ3) is 1.93. The Morgan fingerprint density at radius 2 is 2.00 bits per heavy atom. The van der Waals surface area contributed by atoms with Crippen molar-refractivity contribution < 1.29 is 4.74 Å². The zero-order valence-corrected chi connectivity index (χ0v) is 11.5. The molecule has 0 aliphatic heterocycles. The van der Waals surface area contributed by atoms with Crippen molar-refractivity contribution in [3.05, 3.63) is 30.0 Å². The lowest BCUT2D eigenvalue weighted by Gasteiger charge is -2.38. The minimum Gasteiger partial charge on any atom is -0.496 e. The van der Waals surface area contributed by atoms with E-state index in [2.05, 4.69) is 23.2 Å². The molecule has 0 atom stereocenters. The number of hydrogen-bond acceptors (Lipinski definition) is 2. The first-order valence-electron chi connectivity index (χ1n) is 7.15. The Labute approximate surface area is 114 Å². The van der Waals surface area contributed by atoms with Crippen LogP contribution < -0.4 is 10.5 Å². The van der Waals surface area contributed by atoms with E-state index in [0.717, 1.165) is 5.75 Å². The van der Waals surface area contributed by atoms with Gasteiger partial charge in [-0.15, -0.1) is 0 Å². The summed E-state index contributed by atoms with van der Waals surface area (Å²) in [5.41, 5.74) is 8.77. The van der Waals surface area contributed by atoms with Gasteiger partial charge in [0.1, 0.15) is 5.75 Å². The average molecular weight is 258 g/mol. The highest BCUT2D eigenvalue weighted by atomic mass is 16.5. The molecule has 1 aliphatic rings. The van der Waals surface area contributed by atoms with Gasteiger partial charge in [-0.05, 0) is 31.0 Å². The number of methoxy groups -OCH3 is 1. The van der Waals surface area contributed by atoms with Crippen LogP contribution in [0.4, 0.5) is 0 Å². The van der Waals surface area contributed by atoms with Crippen LogP contribution in [0.2, 0.25) is 0 Å². The van der Waals surface area contributed by atoms with Gasteiger partial charge in [0.05, 0.1) is 7.11 Å². The Kier molecular flexibility index (Phi) is 3.23. The predicted octanol–water partition coefficient (Wildman–Crippen LogP) is 3.34. The minimum absolute atomic E-state index is 0.0886. The third-order valence-corrected chi connectivity index (χ3v) is 4.65. The molecule has 0 radical (unpaired) electrons. The number of nitrogens with two attached hydrogens (primary N) is 1. The predicted molar refractivity (Wildman–Crippen MR) is 78.7 cm³/mol. The fraction of sp³-hybridized carbons (Fsp3) is 0.500. The quantitative estimate of drug-likeness (QED) is 0.887. The first-order chi connectivity index (χ1) is 9.30. The maximum absolute atomic E-state index is 6.19. The van der Waals surface area contributed by atoms with Crippen LogP contribution in [0, 0.1) is 0 Å². The molecule has 1 heterocycles. The van der Waals surface area contributed by atoms with E-state index in [1.807, 2.05) is 6.20 Å². The largest absolute Gasteiger partial charge is 0.496 e. The molecule has 1 aliphatic carbocycles. The smallest absolute Gasteiger partial charge is 0.123 e. The van der Waals surface area contributed by atoms with E-state index in [4.69, 9.17) is 10.5 Å². The fourth-order valence-electron chi connectivity index (χ4n) is 3.62. The van der Waals surface area contributed by atoms with Crippen molar-refractivity contribution in [1.29, 1.82) is 0 Å². The molecule has 3 heteroatoms. The van der Waals surface area contributed by atoms with Crippen LogP contribution in [-0.4, -0.2) is 18.6 Å². The van der Waals surface area contributed by atoms with Crippen molar-refractivity contribution in [3.8, 4) is 5.75 Å². The van der Waals surface area contributed by atoms with Crippen LogP contribution in [0.3, 0.4) is 0 Å². The second-order valence-corrected chi connectivity index (χ2v) is 5.63. The monoisotopic (exact) mass is 258 g/mol. The van der Waals surface area contributed by atoms with Gasteiger partial charge in [0.2, 0.25) is 0 Å². The SMILES string of the molecule is COc1ccc2[nH]ccc2c1C1(CN)CCCCC1. The molecule has 0 saturated heterocycles. The van der Waals surface area contributed by atoms with Crippen LogP contribution in [-0.2, 0) is 5.41 Å². The molecule has 2 aromatic rings. The lowest BCUT2D eigenvalue weighted by atomic mass is 9.68. The number of aromatic nitrogens is 1. The van der Waals surface area contributed by atoms with Gasteiger partial charge in [0.25, 0.3) is 0 Å². The number of nitrogens with one attached hydrogen (secondary N) is 1. The van der Waals surface area contributed by atoms with Crippen LogP contribution in [0.15, 0.2) is 24.4 Å². The van der Waals surface area contributed by atoms with E-state index in [1.165, 1.54) is 48.6 Å². The molecule has 1 aromatic heterocycles.